The van der Waals surface area contributed by atoms with E-state index in [0.717, 1.165) is 17.5 Å². The van der Waals surface area contributed by atoms with Gasteiger partial charge in [-0.3, -0.25) is 9.59 Å². The van der Waals surface area contributed by atoms with Gasteiger partial charge in [0.2, 0.25) is 0 Å². The maximum absolute atomic E-state index is 12.9. The van der Waals surface area contributed by atoms with E-state index in [0.29, 0.717) is 12.1 Å². The molecule has 1 unspecified atom stereocenters. The molecule has 3 rings (SSSR count). The molecule has 1 saturated heterocycles. The van der Waals surface area contributed by atoms with Crippen LogP contribution in [0, 0.1) is 6.92 Å². The van der Waals surface area contributed by atoms with Gasteiger partial charge in [0.15, 0.2) is 0 Å². The van der Waals surface area contributed by atoms with Gasteiger partial charge in [-0.15, -0.1) is 0 Å². The van der Waals surface area contributed by atoms with E-state index in [1.54, 1.807) is 17.0 Å². The lowest BCUT2D eigenvalue weighted by Crippen LogP contribution is -2.30. The third kappa shape index (κ3) is 3.98. The summed E-state index contributed by atoms with van der Waals surface area (Å²) in [6, 6.07) is 14.7. The molecular formula is C25H29NO3. The molecule has 1 N–H and O–H groups in total. The Morgan fingerprint density at radius 3 is 2.10 bits per heavy atom. The maximum Gasteiger partial charge on any atom is 0.295 e. The number of amides is 1. The molecule has 2 aromatic rings. The first kappa shape index (κ1) is 20.8. The van der Waals surface area contributed by atoms with Crippen molar-refractivity contribution in [2.75, 3.05) is 6.54 Å². The lowest BCUT2D eigenvalue weighted by Gasteiger charge is -2.26. The predicted octanol–water partition coefficient (Wildman–Crippen LogP) is 5.12. The van der Waals surface area contributed by atoms with Gasteiger partial charge < -0.3 is 10.0 Å². The summed E-state index contributed by atoms with van der Waals surface area (Å²) in [4.78, 5) is 27.2. The van der Waals surface area contributed by atoms with Crippen molar-refractivity contribution in [3.8, 4) is 0 Å². The third-order valence-corrected chi connectivity index (χ3v) is 5.42. The van der Waals surface area contributed by atoms with E-state index >= 15 is 0 Å². The Hall–Kier alpha value is -2.88. The second kappa shape index (κ2) is 7.86. The summed E-state index contributed by atoms with van der Waals surface area (Å²) >= 11 is 0. The van der Waals surface area contributed by atoms with Crippen molar-refractivity contribution in [3.05, 3.63) is 76.4 Å². The number of ketones is 1. The topological polar surface area (TPSA) is 57.6 Å². The lowest BCUT2D eigenvalue weighted by atomic mass is 9.85. The van der Waals surface area contributed by atoms with Crippen molar-refractivity contribution in [2.45, 2.75) is 52.5 Å². The molecule has 0 spiro atoms. The number of hydrogen-bond donors (Lipinski definition) is 1. The lowest BCUT2D eigenvalue weighted by molar-refractivity contribution is -0.139. The highest BCUT2D eigenvalue weighted by Gasteiger charge is 2.45. The molecule has 29 heavy (non-hydrogen) atoms. The second-order valence-electron chi connectivity index (χ2n) is 8.73. The monoisotopic (exact) mass is 391 g/mol. The zero-order valence-electron chi connectivity index (χ0n) is 17.8. The van der Waals surface area contributed by atoms with Gasteiger partial charge in [-0.05, 0) is 29.9 Å². The van der Waals surface area contributed by atoms with Crippen LogP contribution in [0.5, 0.6) is 0 Å². The second-order valence-corrected chi connectivity index (χ2v) is 8.73. The van der Waals surface area contributed by atoms with E-state index in [1.807, 2.05) is 50.2 Å². The Kier molecular flexibility index (Phi) is 5.65. The minimum absolute atomic E-state index is 0.00561. The van der Waals surface area contributed by atoms with Gasteiger partial charge >= 0.3 is 0 Å². The number of likely N-dealkylation sites (tertiary alicyclic amines) is 1. The highest BCUT2D eigenvalue weighted by atomic mass is 16.3. The highest BCUT2D eigenvalue weighted by Crippen LogP contribution is 2.40. The summed E-state index contributed by atoms with van der Waals surface area (Å²) in [6.07, 6.45) is 0.730. The number of nitrogens with zero attached hydrogens (tertiary/aromatic N) is 1. The number of aliphatic hydroxyl groups is 1. The first-order valence-corrected chi connectivity index (χ1v) is 10.1. The summed E-state index contributed by atoms with van der Waals surface area (Å²) in [5.74, 6) is -1.29. The van der Waals surface area contributed by atoms with Crippen molar-refractivity contribution in [1.29, 1.82) is 0 Å². The van der Waals surface area contributed by atoms with Crippen molar-refractivity contribution in [1.82, 2.24) is 4.90 Å². The largest absolute Gasteiger partial charge is 0.507 e. The van der Waals surface area contributed by atoms with Crippen LogP contribution in [0.3, 0.4) is 0 Å². The molecule has 2 aromatic carbocycles. The Balaban J connectivity index is 2.14. The van der Waals surface area contributed by atoms with E-state index in [2.05, 4.69) is 20.8 Å². The normalized spacial score (nSPS) is 19.1. The van der Waals surface area contributed by atoms with Crippen LogP contribution < -0.4 is 0 Å². The van der Waals surface area contributed by atoms with Gasteiger partial charge in [0.25, 0.3) is 11.7 Å². The summed E-state index contributed by atoms with van der Waals surface area (Å²) in [5, 5.41) is 11.0. The predicted molar refractivity (Wildman–Crippen MR) is 116 cm³/mol. The zero-order chi connectivity index (χ0) is 21.3. The molecule has 4 heteroatoms. The Labute approximate surface area is 172 Å². The molecule has 152 valence electrons. The van der Waals surface area contributed by atoms with Crippen molar-refractivity contribution in [2.24, 2.45) is 0 Å². The summed E-state index contributed by atoms with van der Waals surface area (Å²) in [5.41, 5.74) is 3.78. The minimum Gasteiger partial charge on any atom is -0.507 e. The van der Waals surface area contributed by atoms with Crippen LogP contribution in [0.1, 0.15) is 62.4 Å². The maximum atomic E-state index is 12.9. The fourth-order valence-corrected chi connectivity index (χ4v) is 3.73. The van der Waals surface area contributed by atoms with E-state index in [4.69, 9.17) is 0 Å². The summed E-state index contributed by atoms with van der Waals surface area (Å²) in [6.45, 7) is 10.8. The first-order chi connectivity index (χ1) is 13.6. The molecule has 1 fully saturated rings. The summed E-state index contributed by atoms with van der Waals surface area (Å²) in [7, 11) is 0. The van der Waals surface area contributed by atoms with Crippen LogP contribution in [-0.2, 0) is 15.0 Å². The number of Topliss-reactive ketones (excluding diaryl/α,β-unsaturated/α-hetero) is 1. The van der Waals surface area contributed by atoms with Crippen molar-refractivity contribution in [3.63, 3.8) is 0 Å². The van der Waals surface area contributed by atoms with Gasteiger partial charge in [0.1, 0.15) is 5.76 Å². The molecule has 0 radical (unpaired) electrons. The SMILES string of the molecule is CCCN1C(=O)C(=O)/C(=C(\O)c2ccc(C)cc2)C1c1ccc(C(C)(C)C)cc1. The third-order valence-electron chi connectivity index (χ3n) is 5.42. The Bertz CT molecular complexity index is 947. The molecule has 4 nitrogen and oxygen atoms in total. The van der Waals surface area contributed by atoms with Crippen molar-refractivity contribution >= 4 is 17.4 Å². The van der Waals surface area contributed by atoms with Crippen LogP contribution >= 0.6 is 0 Å². The average molecular weight is 392 g/mol. The molecular weight excluding hydrogens is 362 g/mol. The first-order valence-electron chi connectivity index (χ1n) is 10.1. The number of aryl methyl sites for hydroxylation is 1. The van der Waals surface area contributed by atoms with Gasteiger partial charge in [-0.2, -0.15) is 0 Å². The van der Waals surface area contributed by atoms with Gasteiger partial charge in [-0.1, -0.05) is 81.8 Å². The number of benzene rings is 2. The van der Waals surface area contributed by atoms with E-state index < -0.39 is 17.7 Å². The smallest absolute Gasteiger partial charge is 0.295 e. The van der Waals surface area contributed by atoms with E-state index in [1.165, 1.54) is 5.56 Å². The van der Waals surface area contributed by atoms with E-state index in [-0.39, 0.29) is 16.7 Å². The minimum atomic E-state index is -0.624. The summed E-state index contributed by atoms with van der Waals surface area (Å²) < 4.78 is 0. The van der Waals surface area contributed by atoms with Crippen LogP contribution in [0.25, 0.3) is 5.76 Å². The van der Waals surface area contributed by atoms with Crippen molar-refractivity contribution < 1.29 is 14.7 Å². The van der Waals surface area contributed by atoms with Gasteiger partial charge in [-0.25, -0.2) is 0 Å². The fourth-order valence-electron chi connectivity index (χ4n) is 3.73. The molecule has 0 bridgehead atoms. The quantitative estimate of drug-likeness (QED) is 0.447. The Morgan fingerprint density at radius 1 is 1.00 bits per heavy atom. The molecule has 0 aliphatic carbocycles. The molecule has 1 heterocycles. The van der Waals surface area contributed by atoms with E-state index in [9.17, 15) is 14.7 Å². The average Bonchev–Trinajstić information content (AvgIpc) is 2.93. The Morgan fingerprint density at radius 2 is 1.59 bits per heavy atom. The molecule has 1 atom stereocenters. The zero-order valence-corrected chi connectivity index (χ0v) is 17.8. The van der Waals surface area contributed by atoms with Gasteiger partial charge in [0.05, 0.1) is 11.6 Å². The van der Waals surface area contributed by atoms with Gasteiger partial charge in [0, 0.05) is 12.1 Å². The molecule has 0 saturated carbocycles. The molecule has 1 amide bonds. The standard InChI is InChI=1S/C25H29NO3/c1-6-15-26-21(17-11-13-19(14-12-17)25(3,4)5)20(23(28)24(26)29)22(27)18-9-7-16(2)8-10-18/h7-14,21,27H,6,15H2,1-5H3/b22-20-. The number of rotatable bonds is 4. The molecule has 0 aromatic heterocycles. The number of aliphatic hydroxyl groups excluding tert-OH is 1. The van der Waals surface area contributed by atoms with Crippen LogP contribution in [0.2, 0.25) is 0 Å². The van der Waals surface area contributed by atoms with Crippen LogP contribution in [0.15, 0.2) is 54.1 Å². The number of carbonyl (C=O) groups is 2. The van der Waals surface area contributed by atoms with Crippen LogP contribution in [-0.4, -0.2) is 28.2 Å². The van der Waals surface area contributed by atoms with Crippen LogP contribution in [0.4, 0.5) is 0 Å². The highest BCUT2D eigenvalue weighted by molar-refractivity contribution is 6.46. The number of carbonyl (C=O) groups excluding carboxylic acids is 2. The number of hydrogen-bond acceptors (Lipinski definition) is 3. The molecule has 1 aliphatic rings. The fraction of sp³-hybridized carbons (Fsp3) is 0.360. The molecule has 1 aliphatic heterocycles.